The average Bonchev–Trinajstić information content (AvgIpc) is 2.37. The molecule has 0 bridgehead atoms. The van der Waals surface area contributed by atoms with Crippen LogP contribution in [0.25, 0.3) is 0 Å². The minimum absolute atomic E-state index is 0.227. The van der Waals surface area contributed by atoms with Crippen LogP contribution < -0.4 is 15.4 Å². The van der Waals surface area contributed by atoms with E-state index in [0.717, 1.165) is 6.42 Å². The van der Waals surface area contributed by atoms with E-state index in [1.807, 2.05) is 6.92 Å². The number of nitrogens with one attached hydrogen (secondary N) is 2. The lowest BCUT2D eigenvalue weighted by atomic mass is 10.3. The summed E-state index contributed by atoms with van der Waals surface area (Å²) in [6.07, 6.45) is 3.41. The van der Waals surface area contributed by atoms with Crippen LogP contribution in [0, 0.1) is 0 Å². The molecule has 1 rings (SSSR count). The summed E-state index contributed by atoms with van der Waals surface area (Å²) < 4.78 is 5.08. The van der Waals surface area contributed by atoms with Crippen molar-refractivity contribution < 1.29 is 14.3 Å². The average molecular weight is 262 g/mol. The molecular weight excluding hydrogens is 244 g/mol. The predicted molar refractivity (Wildman–Crippen MR) is 74.2 cm³/mol. The van der Waals surface area contributed by atoms with Crippen molar-refractivity contribution in [2.24, 2.45) is 0 Å². The number of hydrogen-bond donors (Lipinski definition) is 2. The van der Waals surface area contributed by atoms with Gasteiger partial charge in [-0.3, -0.25) is 4.79 Å². The lowest BCUT2D eigenvalue weighted by Gasteiger charge is -2.07. The predicted octanol–water partition coefficient (Wildman–Crippen LogP) is 2.70. The fraction of sp³-hybridized carbons (Fsp3) is 0.286. The largest absolute Gasteiger partial charge is 0.412 e. The molecule has 0 spiro atoms. The van der Waals surface area contributed by atoms with Crippen molar-refractivity contribution in [2.45, 2.75) is 20.3 Å². The molecule has 5 nitrogen and oxygen atoms in total. The van der Waals surface area contributed by atoms with Gasteiger partial charge < -0.3 is 15.4 Å². The lowest BCUT2D eigenvalue weighted by molar-refractivity contribution is -0.111. The lowest BCUT2D eigenvalue weighted by Crippen LogP contribution is -2.27. The van der Waals surface area contributed by atoms with Crippen LogP contribution in [-0.4, -0.2) is 18.5 Å². The van der Waals surface area contributed by atoms with Gasteiger partial charge in [-0.15, -0.1) is 0 Å². The van der Waals surface area contributed by atoms with Crippen molar-refractivity contribution >= 4 is 17.7 Å². The first-order valence-electron chi connectivity index (χ1n) is 6.15. The molecule has 0 aromatic heterocycles. The van der Waals surface area contributed by atoms with Crippen LogP contribution in [0.5, 0.6) is 5.75 Å². The van der Waals surface area contributed by atoms with Crippen molar-refractivity contribution in [3.8, 4) is 5.75 Å². The Hall–Kier alpha value is -2.30. The molecule has 102 valence electrons. The highest BCUT2D eigenvalue weighted by atomic mass is 16.6. The van der Waals surface area contributed by atoms with Gasteiger partial charge in [0.15, 0.2) is 0 Å². The van der Waals surface area contributed by atoms with Gasteiger partial charge >= 0.3 is 6.09 Å². The van der Waals surface area contributed by atoms with E-state index in [1.165, 1.54) is 6.08 Å². The maximum absolute atomic E-state index is 11.4. The number of anilines is 1. The molecule has 19 heavy (non-hydrogen) atoms. The Kier molecular flexibility index (Phi) is 6.15. The van der Waals surface area contributed by atoms with Crippen LogP contribution in [0.4, 0.5) is 10.5 Å². The fourth-order valence-electron chi connectivity index (χ4n) is 1.34. The zero-order valence-corrected chi connectivity index (χ0v) is 11.1. The number of allylic oxidation sites excluding steroid dienone is 1. The molecule has 0 fully saturated rings. The summed E-state index contributed by atoms with van der Waals surface area (Å²) in [4.78, 5) is 22.7. The van der Waals surface area contributed by atoms with Crippen LogP contribution >= 0.6 is 0 Å². The Morgan fingerprint density at radius 1 is 1.37 bits per heavy atom. The highest BCUT2D eigenvalue weighted by Crippen LogP contribution is 2.17. The Labute approximate surface area is 112 Å². The number of hydrogen-bond acceptors (Lipinski definition) is 3. The molecule has 1 aromatic rings. The summed E-state index contributed by atoms with van der Waals surface area (Å²) in [5, 5.41) is 5.26. The van der Waals surface area contributed by atoms with Crippen LogP contribution in [-0.2, 0) is 4.79 Å². The van der Waals surface area contributed by atoms with Crippen LogP contribution in [0.15, 0.2) is 36.4 Å². The Morgan fingerprint density at radius 3 is 2.84 bits per heavy atom. The molecule has 1 aromatic carbocycles. The first kappa shape index (κ1) is 14.8. The quantitative estimate of drug-likeness (QED) is 0.802. The molecule has 0 radical (unpaired) electrons. The van der Waals surface area contributed by atoms with Gasteiger partial charge in [-0.05, 0) is 31.6 Å². The second-order valence-corrected chi connectivity index (χ2v) is 3.83. The van der Waals surface area contributed by atoms with E-state index >= 15 is 0 Å². The van der Waals surface area contributed by atoms with E-state index in [-0.39, 0.29) is 5.91 Å². The van der Waals surface area contributed by atoms with E-state index in [2.05, 4.69) is 10.6 Å². The molecule has 0 atom stereocenters. The van der Waals surface area contributed by atoms with Gasteiger partial charge in [0.2, 0.25) is 5.91 Å². The van der Waals surface area contributed by atoms with Crippen LogP contribution in [0.3, 0.4) is 0 Å². The summed E-state index contributed by atoms with van der Waals surface area (Å²) in [5.41, 5.74) is 0.573. The normalized spacial score (nSPS) is 10.2. The number of rotatable bonds is 5. The summed E-state index contributed by atoms with van der Waals surface area (Å²) in [6.45, 7) is 4.28. The Morgan fingerprint density at radius 2 is 2.16 bits per heavy atom. The smallest absolute Gasteiger partial charge is 0.410 e. The molecule has 0 aliphatic heterocycles. The van der Waals surface area contributed by atoms with Gasteiger partial charge in [-0.25, -0.2) is 4.79 Å². The summed E-state index contributed by atoms with van der Waals surface area (Å²) >= 11 is 0. The van der Waals surface area contributed by atoms with E-state index in [9.17, 15) is 9.59 Å². The SMILES string of the molecule is C/C=C/C(=O)Nc1cccc(OC(=O)NCCC)c1. The highest BCUT2D eigenvalue weighted by molar-refractivity contribution is 5.99. The summed E-state index contributed by atoms with van der Waals surface area (Å²) in [5.74, 6) is 0.155. The van der Waals surface area contributed by atoms with Crippen molar-refractivity contribution in [3.63, 3.8) is 0 Å². The minimum atomic E-state index is -0.501. The Bertz CT molecular complexity index is 470. The van der Waals surface area contributed by atoms with Gasteiger partial charge in [-0.1, -0.05) is 19.1 Å². The molecule has 0 aliphatic rings. The van der Waals surface area contributed by atoms with Crippen LogP contribution in [0.2, 0.25) is 0 Å². The highest BCUT2D eigenvalue weighted by Gasteiger charge is 2.04. The molecular formula is C14H18N2O3. The monoisotopic (exact) mass is 262 g/mol. The maximum atomic E-state index is 11.4. The standard InChI is InChI=1S/C14H18N2O3/c1-3-6-13(17)16-11-7-5-8-12(10-11)19-14(18)15-9-4-2/h3,5-8,10H,4,9H2,1-2H3,(H,15,18)(H,16,17)/b6-3+. The van der Waals surface area contributed by atoms with E-state index < -0.39 is 6.09 Å². The molecule has 0 heterocycles. The summed E-state index contributed by atoms with van der Waals surface area (Å²) in [7, 11) is 0. The van der Waals surface area contributed by atoms with Crippen molar-refractivity contribution in [2.75, 3.05) is 11.9 Å². The van der Waals surface area contributed by atoms with Gasteiger partial charge in [0, 0.05) is 18.3 Å². The number of carbonyl (C=O) groups excluding carboxylic acids is 2. The fourth-order valence-corrected chi connectivity index (χ4v) is 1.34. The molecule has 0 unspecified atom stereocenters. The second-order valence-electron chi connectivity index (χ2n) is 3.83. The topological polar surface area (TPSA) is 67.4 Å². The zero-order chi connectivity index (χ0) is 14.1. The Balaban J connectivity index is 2.61. The third-order valence-corrected chi connectivity index (χ3v) is 2.15. The van der Waals surface area contributed by atoms with Gasteiger partial charge in [0.1, 0.15) is 5.75 Å². The minimum Gasteiger partial charge on any atom is -0.410 e. The molecule has 5 heteroatoms. The zero-order valence-electron chi connectivity index (χ0n) is 11.1. The van der Waals surface area contributed by atoms with Crippen molar-refractivity contribution in [1.82, 2.24) is 5.32 Å². The van der Waals surface area contributed by atoms with Gasteiger partial charge in [0.25, 0.3) is 0 Å². The first-order chi connectivity index (χ1) is 9.15. The van der Waals surface area contributed by atoms with E-state index in [1.54, 1.807) is 37.3 Å². The molecule has 2 N–H and O–H groups in total. The molecule has 0 saturated carbocycles. The molecule has 0 aliphatic carbocycles. The van der Waals surface area contributed by atoms with E-state index in [0.29, 0.717) is 18.0 Å². The molecule has 0 saturated heterocycles. The third-order valence-electron chi connectivity index (χ3n) is 2.15. The van der Waals surface area contributed by atoms with Crippen molar-refractivity contribution in [3.05, 3.63) is 36.4 Å². The van der Waals surface area contributed by atoms with Gasteiger partial charge in [-0.2, -0.15) is 0 Å². The second kappa shape index (κ2) is 7.92. The number of benzene rings is 1. The van der Waals surface area contributed by atoms with Gasteiger partial charge in [0.05, 0.1) is 0 Å². The number of carbonyl (C=O) groups is 2. The number of ether oxygens (including phenoxy) is 1. The van der Waals surface area contributed by atoms with E-state index in [4.69, 9.17) is 4.74 Å². The van der Waals surface area contributed by atoms with Crippen LogP contribution in [0.1, 0.15) is 20.3 Å². The molecule has 2 amide bonds. The van der Waals surface area contributed by atoms with Crippen molar-refractivity contribution in [1.29, 1.82) is 0 Å². The first-order valence-corrected chi connectivity index (χ1v) is 6.15. The maximum Gasteiger partial charge on any atom is 0.412 e. The summed E-state index contributed by atoms with van der Waals surface area (Å²) in [6, 6.07) is 6.66. The third kappa shape index (κ3) is 5.72. The number of amides is 2.